The van der Waals surface area contributed by atoms with Gasteiger partial charge in [-0.15, -0.1) is 0 Å². The number of nitro groups is 1. The van der Waals surface area contributed by atoms with Crippen molar-refractivity contribution in [1.82, 2.24) is 5.32 Å². The molecule has 10 heteroatoms. The molecule has 0 spiro atoms. The lowest BCUT2D eigenvalue weighted by Crippen LogP contribution is -2.34. The van der Waals surface area contributed by atoms with Gasteiger partial charge >= 0.3 is 5.69 Å². The van der Waals surface area contributed by atoms with Crippen LogP contribution in [0.25, 0.3) is 0 Å². The Morgan fingerprint density at radius 3 is 2.62 bits per heavy atom. The summed E-state index contributed by atoms with van der Waals surface area (Å²) in [7, 11) is 0. The van der Waals surface area contributed by atoms with Gasteiger partial charge in [0.05, 0.1) is 4.92 Å². The molecule has 2 aromatic rings. The van der Waals surface area contributed by atoms with Gasteiger partial charge in [-0.2, -0.15) is 4.39 Å². The molecule has 0 radical (unpaired) electrons. The highest BCUT2D eigenvalue weighted by Crippen LogP contribution is 2.30. The van der Waals surface area contributed by atoms with Crippen molar-refractivity contribution in [2.45, 2.75) is 0 Å². The number of nitrogens with one attached hydrogen (secondary N) is 2. The van der Waals surface area contributed by atoms with Gasteiger partial charge in [0.1, 0.15) is 13.2 Å². The van der Waals surface area contributed by atoms with Crippen LogP contribution in [-0.4, -0.2) is 29.2 Å². The molecule has 1 heterocycles. The van der Waals surface area contributed by atoms with E-state index in [1.54, 1.807) is 12.1 Å². The quantitative estimate of drug-likeness (QED) is 0.481. The minimum atomic E-state index is -0.966. The predicted octanol–water partition coefficient (Wildman–Crippen LogP) is 2.63. The van der Waals surface area contributed by atoms with Gasteiger partial charge < -0.3 is 14.8 Å². The molecule has 0 aromatic heterocycles. The zero-order valence-electron chi connectivity index (χ0n) is 13.2. The first-order chi connectivity index (χ1) is 12.4. The van der Waals surface area contributed by atoms with E-state index in [9.17, 15) is 19.3 Å². The molecule has 2 N–H and O–H groups in total. The van der Waals surface area contributed by atoms with E-state index >= 15 is 0 Å². The molecule has 0 atom stereocenters. The second kappa shape index (κ2) is 7.31. The topological polar surface area (TPSA) is 103 Å². The normalized spacial score (nSPS) is 12.2. The minimum absolute atomic E-state index is 0.0919. The van der Waals surface area contributed by atoms with E-state index in [2.05, 4.69) is 10.6 Å². The second-order valence-electron chi connectivity index (χ2n) is 5.19. The lowest BCUT2D eigenvalue weighted by molar-refractivity contribution is -0.387. The molecule has 1 amide bonds. The molecular formula is C16H12FN3O5S. The summed E-state index contributed by atoms with van der Waals surface area (Å²) in [6.07, 6.45) is 0. The molecule has 26 heavy (non-hydrogen) atoms. The molecule has 1 aliphatic rings. The number of rotatable bonds is 3. The average molecular weight is 377 g/mol. The van der Waals surface area contributed by atoms with Crippen molar-refractivity contribution in [3.05, 3.63) is 57.9 Å². The molecular weight excluding hydrogens is 365 g/mol. The number of halogens is 1. The first kappa shape index (κ1) is 17.5. The summed E-state index contributed by atoms with van der Waals surface area (Å²) in [5.74, 6) is -0.466. The largest absolute Gasteiger partial charge is 0.486 e. The van der Waals surface area contributed by atoms with Crippen molar-refractivity contribution in [2.24, 2.45) is 0 Å². The summed E-state index contributed by atoms with van der Waals surface area (Å²) in [6, 6.07) is 7.88. The third kappa shape index (κ3) is 3.86. The third-order valence-electron chi connectivity index (χ3n) is 3.43. The number of nitro benzene ring substituents is 1. The van der Waals surface area contributed by atoms with Crippen LogP contribution in [0.3, 0.4) is 0 Å². The Bertz CT molecular complexity index is 905. The maximum absolute atomic E-state index is 13.3. The van der Waals surface area contributed by atoms with Crippen molar-refractivity contribution in [3.63, 3.8) is 0 Å². The van der Waals surface area contributed by atoms with Crippen molar-refractivity contribution in [3.8, 4) is 11.5 Å². The number of benzene rings is 2. The van der Waals surface area contributed by atoms with E-state index in [1.807, 2.05) is 0 Å². The zero-order valence-corrected chi connectivity index (χ0v) is 14.0. The maximum Gasteiger partial charge on any atom is 0.306 e. The number of carbonyl (C=O) groups is 1. The molecule has 134 valence electrons. The lowest BCUT2D eigenvalue weighted by Gasteiger charge is -2.18. The first-order valence-corrected chi connectivity index (χ1v) is 7.81. The number of carbonyl (C=O) groups excluding carboxylic acids is 1. The van der Waals surface area contributed by atoms with Gasteiger partial charge in [0.25, 0.3) is 5.91 Å². The van der Waals surface area contributed by atoms with Gasteiger partial charge in [0.15, 0.2) is 16.6 Å². The summed E-state index contributed by atoms with van der Waals surface area (Å²) in [5, 5.41) is 15.7. The van der Waals surface area contributed by atoms with Crippen molar-refractivity contribution < 1.29 is 23.6 Å². The van der Waals surface area contributed by atoms with Crippen LogP contribution in [0.2, 0.25) is 0 Å². The lowest BCUT2D eigenvalue weighted by atomic mass is 10.2. The molecule has 1 aliphatic heterocycles. The summed E-state index contributed by atoms with van der Waals surface area (Å²) in [6.45, 7) is 0.831. The number of ether oxygens (including phenoxy) is 2. The van der Waals surface area contributed by atoms with Crippen LogP contribution < -0.4 is 20.1 Å². The number of hydrogen-bond donors (Lipinski definition) is 2. The van der Waals surface area contributed by atoms with Crippen LogP contribution in [0.1, 0.15) is 10.4 Å². The highest BCUT2D eigenvalue weighted by molar-refractivity contribution is 7.80. The minimum Gasteiger partial charge on any atom is -0.486 e. The number of anilines is 1. The second-order valence-corrected chi connectivity index (χ2v) is 5.60. The number of amides is 1. The highest BCUT2D eigenvalue weighted by Gasteiger charge is 2.17. The van der Waals surface area contributed by atoms with E-state index in [-0.39, 0.29) is 10.8 Å². The molecule has 8 nitrogen and oxygen atoms in total. The Labute approximate surface area is 152 Å². The fourth-order valence-corrected chi connectivity index (χ4v) is 2.46. The van der Waals surface area contributed by atoms with Gasteiger partial charge in [0.2, 0.25) is 5.82 Å². The van der Waals surface area contributed by atoms with Crippen LogP contribution in [0, 0.1) is 15.9 Å². The van der Waals surface area contributed by atoms with Gasteiger partial charge in [-0.25, -0.2) is 0 Å². The number of fused-ring (bicyclic) bond motifs is 1. The fraction of sp³-hybridized carbons (Fsp3) is 0.125. The molecule has 0 fully saturated rings. The standard InChI is InChI=1S/C16H12FN3O5S/c17-11-3-2-10(8-12(11)20(22)23)18-16(26)19-15(21)9-1-4-13-14(7-9)25-6-5-24-13/h1-4,7-8H,5-6H2,(H2,18,19,21,26). The first-order valence-electron chi connectivity index (χ1n) is 7.40. The van der Waals surface area contributed by atoms with Crippen LogP contribution in [0.4, 0.5) is 15.8 Å². The number of thiocarbonyl (C=S) groups is 1. The van der Waals surface area contributed by atoms with E-state index in [0.29, 0.717) is 30.3 Å². The number of nitrogens with zero attached hydrogens (tertiary/aromatic N) is 1. The maximum atomic E-state index is 13.3. The average Bonchev–Trinajstić information content (AvgIpc) is 2.62. The molecule has 0 unspecified atom stereocenters. The van der Waals surface area contributed by atoms with Gasteiger partial charge in [-0.3, -0.25) is 20.2 Å². The van der Waals surface area contributed by atoms with Crippen LogP contribution in [0.5, 0.6) is 11.5 Å². The molecule has 3 rings (SSSR count). The fourth-order valence-electron chi connectivity index (χ4n) is 2.25. The van der Waals surface area contributed by atoms with Crippen LogP contribution in [-0.2, 0) is 0 Å². The molecule has 0 bridgehead atoms. The summed E-state index contributed by atoms with van der Waals surface area (Å²) in [5.41, 5.74) is -0.231. The summed E-state index contributed by atoms with van der Waals surface area (Å²) < 4.78 is 24.1. The molecule has 0 aliphatic carbocycles. The van der Waals surface area contributed by atoms with Gasteiger partial charge in [0, 0.05) is 17.3 Å². The Balaban J connectivity index is 1.67. The van der Waals surface area contributed by atoms with Crippen molar-refractivity contribution >= 4 is 34.6 Å². The van der Waals surface area contributed by atoms with E-state index < -0.39 is 22.3 Å². The summed E-state index contributed by atoms with van der Waals surface area (Å²) in [4.78, 5) is 22.2. The monoisotopic (exact) mass is 377 g/mol. The smallest absolute Gasteiger partial charge is 0.306 e. The molecule has 0 saturated heterocycles. The van der Waals surface area contributed by atoms with E-state index in [0.717, 1.165) is 12.1 Å². The zero-order chi connectivity index (χ0) is 18.7. The Hall–Kier alpha value is -3.27. The number of hydrogen-bond acceptors (Lipinski definition) is 6. The Morgan fingerprint density at radius 2 is 1.88 bits per heavy atom. The van der Waals surface area contributed by atoms with E-state index in [4.69, 9.17) is 21.7 Å². The highest BCUT2D eigenvalue weighted by atomic mass is 32.1. The predicted molar refractivity (Wildman–Crippen MR) is 94.2 cm³/mol. The van der Waals surface area contributed by atoms with Crippen molar-refractivity contribution in [2.75, 3.05) is 18.5 Å². The SMILES string of the molecule is O=C(NC(=S)Nc1ccc(F)c([N+](=O)[O-])c1)c1ccc2c(c1)OCCO2. The van der Waals surface area contributed by atoms with Crippen LogP contribution >= 0.6 is 12.2 Å². The van der Waals surface area contributed by atoms with Gasteiger partial charge in [-0.1, -0.05) is 0 Å². The van der Waals surface area contributed by atoms with E-state index in [1.165, 1.54) is 12.1 Å². The van der Waals surface area contributed by atoms with Gasteiger partial charge in [-0.05, 0) is 42.5 Å². The van der Waals surface area contributed by atoms with Crippen LogP contribution in [0.15, 0.2) is 36.4 Å². The van der Waals surface area contributed by atoms with Crippen molar-refractivity contribution in [1.29, 1.82) is 0 Å². The molecule has 0 saturated carbocycles. The summed E-state index contributed by atoms with van der Waals surface area (Å²) >= 11 is 5.01. The third-order valence-corrected chi connectivity index (χ3v) is 3.64. The Morgan fingerprint density at radius 1 is 1.15 bits per heavy atom. The molecule has 2 aromatic carbocycles. The Kier molecular flexibility index (Phi) is 4.94.